The molecule has 1 aromatic rings. The van der Waals surface area contributed by atoms with E-state index in [0.29, 0.717) is 12.8 Å². The minimum atomic E-state index is -2.92. The van der Waals surface area contributed by atoms with Crippen LogP contribution in [0.2, 0.25) is 0 Å². The van der Waals surface area contributed by atoms with E-state index in [1.807, 2.05) is 0 Å². The molecule has 2 N–H and O–H groups in total. The second-order valence-electron chi connectivity index (χ2n) is 3.57. The van der Waals surface area contributed by atoms with E-state index in [0.717, 1.165) is 13.1 Å². The van der Waals surface area contributed by atoms with Gasteiger partial charge in [0.2, 0.25) is 0 Å². The van der Waals surface area contributed by atoms with Crippen molar-refractivity contribution in [2.75, 3.05) is 0 Å². The lowest BCUT2D eigenvalue weighted by Gasteiger charge is -2.06. The Morgan fingerprint density at radius 3 is 2.62 bits per heavy atom. The fourth-order valence-electron chi connectivity index (χ4n) is 1.14. The summed E-state index contributed by atoms with van der Waals surface area (Å²) in [6, 6.07) is 0. The van der Waals surface area contributed by atoms with E-state index in [9.17, 15) is 13.9 Å². The Kier molecular flexibility index (Phi) is 1.52. The van der Waals surface area contributed by atoms with E-state index in [1.54, 1.807) is 0 Å². The number of rotatable bonds is 2. The molecule has 0 saturated heterocycles. The van der Waals surface area contributed by atoms with Crippen LogP contribution in [0, 0.1) is 0 Å². The Balaban J connectivity index is 2.29. The van der Waals surface area contributed by atoms with E-state index < -0.39 is 11.5 Å². The van der Waals surface area contributed by atoms with Crippen LogP contribution in [0.3, 0.4) is 0 Å². The molecule has 0 bridgehead atoms. The Morgan fingerprint density at radius 2 is 2.23 bits per heavy atom. The fraction of sp³-hybridized carbons (Fsp3) is 0.625. The van der Waals surface area contributed by atoms with Gasteiger partial charge in [-0.3, -0.25) is 0 Å². The molecule has 72 valence electrons. The van der Waals surface area contributed by atoms with Crippen molar-refractivity contribution < 1.29 is 13.9 Å². The van der Waals surface area contributed by atoms with Gasteiger partial charge in [0.25, 0.3) is 5.92 Å². The van der Waals surface area contributed by atoms with Crippen LogP contribution < -0.4 is 0 Å². The molecule has 1 aliphatic carbocycles. The maximum atomic E-state index is 12.7. The van der Waals surface area contributed by atoms with Gasteiger partial charge in [-0.15, -0.1) is 0 Å². The van der Waals surface area contributed by atoms with Gasteiger partial charge in [-0.05, 0) is 12.8 Å². The average Bonchev–Trinajstić information content (AvgIpc) is 2.60. The zero-order valence-corrected chi connectivity index (χ0v) is 7.14. The molecular weight excluding hydrogens is 178 g/mol. The monoisotopic (exact) mass is 188 g/mol. The highest BCUT2D eigenvalue weighted by atomic mass is 19.3. The minimum absolute atomic E-state index is 0.247. The summed E-state index contributed by atoms with van der Waals surface area (Å²) in [5.74, 6) is -2.67. The van der Waals surface area contributed by atoms with Crippen molar-refractivity contribution in [2.24, 2.45) is 0 Å². The van der Waals surface area contributed by atoms with Crippen LogP contribution in [0.25, 0.3) is 0 Å². The summed E-state index contributed by atoms with van der Waals surface area (Å²) in [5, 5.41) is 9.54. The molecule has 1 aliphatic rings. The third kappa shape index (κ3) is 1.44. The molecule has 1 heterocycles. The molecular formula is C8H10F2N2O. The molecule has 1 fully saturated rings. The molecule has 0 unspecified atom stereocenters. The summed E-state index contributed by atoms with van der Waals surface area (Å²) in [4.78, 5) is 6.18. The third-order valence-electron chi connectivity index (χ3n) is 2.21. The normalized spacial score (nSPS) is 20.3. The SMILES string of the molecule is CC(F)(F)c1cnc(C2(O)CC2)[nH]1. The lowest BCUT2D eigenvalue weighted by molar-refractivity contribution is 0.0127. The number of aromatic amines is 1. The molecule has 0 amide bonds. The molecule has 0 radical (unpaired) electrons. The van der Waals surface area contributed by atoms with Gasteiger partial charge in [-0.2, -0.15) is 8.78 Å². The van der Waals surface area contributed by atoms with Gasteiger partial charge in [-0.1, -0.05) is 0 Å². The molecule has 0 aliphatic heterocycles. The van der Waals surface area contributed by atoms with Crippen molar-refractivity contribution in [3.05, 3.63) is 17.7 Å². The van der Waals surface area contributed by atoms with E-state index >= 15 is 0 Å². The summed E-state index contributed by atoms with van der Waals surface area (Å²) < 4.78 is 25.4. The van der Waals surface area contributed by atoms with Gasteiger partial charge in [0, 0.05) is 6.92 Å². The Labute approximate surface area is 73.8 Å². The van der Waals surface area contributed by atoms with Crippen molar-refractivity contribution in [3.63, 3.8) is 0 Å². The maximum absolute atomic E-state index is 12.7. The van der Waals surface area contributed by atoms with Crippen molar-refractivity contribution >= 4 is 0 Å². The largest absolute Gasteiger partial charge is 0.382 e. The fourth-order valence-corrected chi connectivity index (χ4v) is 1.14. The second-order valence-corrected chi connectivity index (χ2v) is 3.57. The van der Waals surface area contributed by atoms with Gasteiger partial charge in [-0.25, -0.2) is 4.98 Å². The zero-order valence-electron chi connectivity index (χ0n) is 7.14. The number of nitrogens with one attached hydrogen (secondary N) is 1. The lowest BCUT2D eigenvalue weighted by atomic mass is 10.3. The summed E-state index contributed by atoms with van der Waals surface area (Å²) in [6.07, 6.45) is 2.26. The second kappa shape index (κ2) is 2.29. The van der Waals surface area contributed by atoms with Gasteiger partial charge in [0.1, 0.15) is 17.1 Å². The Hall–Kier alpha value is -0.970. The molecule has 0 atom stereocenters. The van der Waals surface area contributed by atoms with E-state index in [4.69, 9.17) is 0 Å². The number of nitrogens with zero attached hydrogens (tertiary/aromatic N) is 1. The number of imidazole rings is 1. The zero-order chi connectivity index (χ0) is 9.69. The first-order valence-electron chi connectivity index (χ1n) is 4.08. The van der Waals surface area contributed by atoms with Crippen LogP contribution in [-0.4, -0.2) is 15.1 Å². The van der Waals surface area contributed by atoms with Gasteiger partial charge >= 0.3 is 0 Å². The lowest BCUT2D eigenvalue weighted by Crippen LogP contribution is -2.10. The molecule has 0 aromatic carbocycles. The van der Waals surface area contributed by atoms with Crippen molar-refractivity contribution in [1.82, 2.24) is 9.97 Å². The predicted octanol–water partition coefficient (Wildman–Crippen LogP) is 1.50. The molecule has 1 saturated carbocycles. The third-order valence-corrected chi connectivity index (χ3v) is 2.21. The number of aromatic nitrogens is 2. The number of alkyl halides is 2. The van der Waals surface area contributed by atoms with Crippen molar-refractivity contribution in [2.45, 2.75) is 31.3 Å². The Bertz CT molecular complexity index is 305. The highest BCUT2D eigenvalue weighted by Crippen LogP contribution is 2.44. The highest BCUT2D eigenvalue weighted by Gasteiger charge is 2.45. The predicted molar refractivity (Wildman–Crippen MR) is 41.3 cm³/mol. The summed E-state index contributed by atoms with van der Waals surface area (Å²) >= 11 is 0. The molecule has 3 nitrogen and oxygen atoms in total. The van der Waals surface area contributed by atoms with Crippen molar-refractivity contribution in [1.29, 1.82) is 0 Å². The number of hydrogen-bond acceptors (Lipinski definition) is 2. The molecule has 13 heavy (non-hydrogen) atoms. The maximum Gasteiger partial charge on any atom is 0.286 e. The van der Waals surface area contributed by atoms with E-state index in [1.165, 1.54) is 0 Å². The van der Waals surface area contributed by atoms with Crippen LogP contribution in [-0.2, 0) is 11.5 Å². The molecule has 2 rings (SSSR count). The summed E-state index contributed by atoms with van der Waals surface area (Å²) in [7, 11) is 0. The van der Waals surface area contributed by atoms with Crippen LogP contribution in [0.4, 0.5) is 8.78 Å². The van der Waals surface area contributed by atoms with Gasteiger partial charge < -0.3 is 10.1 Å². The van der Waals surface area contributed by atoms with Crippen LogP contribution >= 0.6 is 0 Å². The number of H-pyrrole nitrogens is 1. The summed E-state index contributed by atoms with van der Waals surface area (Å²) in [5.41, 5.74) is -1.22. The first-order chi connectivity index (χ1) is 5.92. The number of aliphatic hydroxyl groups is 1. The van der Waals surface area contributed by atoms with Crippen LogP contribution in [0.1, 0.15) is 31.3 Å². The Morgan fingerprint density at radius 1 is 1.62 bits per heavy atom. The topological polar surface area (TPSA) is 48.9 Å². The van der Waals surface area contributed by atoms with Gasteiger partial charge in [0.15, 0.2) is 0 Å². The van der Waals surface area contributed by atoms with Crippen LogP contribution in [0.5, 0.6) is 0 Å². The van der Waals surface area contributed by atoms with E-state index in [2.05, 4.69) is 9.97 Å². The standard InChI is InChI=1S/C8H10F2N2O/c1-7(9,10)5-4-11-6(12-5)8(13)2-3-8/h4,13H,2-3H2,1H3,(H,11,12). The molecule has 0 spiro atoms. The average molecular weight is 188 g/mol. The first kappa shape index (κ1) is 8.62. The van der Waals surface area contributed by atoms with Crippen molar-refractivity contribution in [3.8, 4) is 0 Å². The molecule has 5 heteroatoms. The first-order valence-corrected chi connectivity index (χ1v) is 4.08. The van der Waals surface area contributed by atoms with E-state index in [-0.39, 0.29) is 11.5 Å². The highest BCUT2D eigenvalue weighted by molar-refractivity contribution is 5.16. The smallest absolute Gasteiger partial charge is 0.286 e. The van der Waals surface area contributed by atoms with Gasteiger partial charge in [0.05, 0.1) is 6.20 Å². The molecule has 1 aromatic heterocycles. The summed E-state index contributed by atoms with van der Waals surface area (Å²) in [6.45, 7) is 0.793. The quantitative estimate of drug-likeness (QED) is 0.738. The minimum Gasteiger partial charge on any atom is -0.382 e. The number of hydrogen-bond donors (Lipinski definition) is 2. The number of halogens is 2. The van der Waals surface area contributed by atoms with Crippen LogP contribution in [0.15, 0.2) is 6.20 Å².